The Morgan fingerprint density at radius 2 is 2.40 bits per heavy atom. The zero-order valence-corrected chi connectivity index (χ0v) is 8.79. The van der Waals surface area contributed by atoms with Gasteiger partial charge in [0.15, 0.2) is 0 Å². The fraction of sp³-hybridized carbons (Fsp3) is 0.333. The van der Waals surface area contributed by atoms with Gasteiger partial charge in [-0.1, -0.05) is 11.6 Å². The Bertz CT molecular complexity index is 357. The highest BCUT2D eigenvalue weighted by Gasteiger charge is 2.10. The summed E-state index contributed by atoms with van der Waals surface area (Å²) < 4.78 is 0. The predicted octanol–water partition coefficient (Wildman–Crippen LogP) is 0.429. The Balaban J connectivity index is 2.68. The number of amides is 1. The molecule has 4 N–H and O–H groups in total. The summed E-state index contributed by atoms with van der Waals surface area (Å²) in [4.78, 5) is 15.3. The first kappa shape index (κ1) is 11.7. The van der Waals surface area contributed by atoms with E-state index in [4.69, 9.17) is 22.4 Å². The molecule has 0 saturated carbocycles. The molecule has 0 aromatic carbocycles. The van der Waals surface area contributed by atoms with E-state index in [0.29, 0.717) is 18.7 Å². The van der Waals surface area contributed by atoms with Gasteiger partial charge in [-0.05, 0) is 12.5 Å². The summed E-state index contributed by atoms with van der Waals surface area (Å²) in [6.07, 6.45) is 1.88. The first-order valence-corrected chi connectivity index (χ1v) is 4.83. The number of halogens is 1. The third kappa shape index (κ3) is 3.38. The first-order valence-electron chi connectivity index (χ1n) is 4.45. The Morgan fingerprint density at radius 3 is 3.07 bits per heavy atom. The van der Waals surface area contributed by atoms with Crippen molar-refractivity contribution in [3.05, 3.63) is 23.0 Å². The molecule has 0 aliphatic rings. The maximum absolute atomic E-state index is 11.5. The summed E-state index contributed by atoms with van der Waals surface area (Å²) in [5, 5.41) is 11.2. The van der Waals surface area contributed by atoms with Crippen molar-refractivity contribution in [1.82, 2.24) is 10.3 Å². The minimum Gasteiger partial charge on any atom is -0.397 e. The number of aromatic nitrogens is 1. The second-order valence-electron chi connectivity index (χ2n) is 2.94. The molecule has 0 unspecified atom stereocenters. The van der Waals surface area contributed by atoms with Gasteiger partial charge in [0.25, 0.3) is 5.91 Å². The van der Waals surface area contributed by atoms with Crippen LogP contribution in [0.15, 0.2) is 12.3 Å². The Hall–Kier alpha value is -1.33. The van der Waals surface area contributed by atoms with Crippen molar-refractivity contribution < 1.29 is 9.90 Å². The monoisotopic (exact) mass is 229 g/mol. The molecule has 15 heavy (non-hydrogen) atoms. The maximum atomic E-state index is 11.5. The summed E-state index contributed by atoms with van der Waals surface area (Å²) in [5.74, 6) is -0.340. The average Bonchev–Trinajstić information content (AvgIpc) is 2.22. The van der Waals surface area contributed by atoms with Crippen LogP contribution in [0, 0.1) is 0 Å². The molecule has 1 aromatic rings. The number of hydrogen-bond donors (Lipinski definition) is 3. The molecule has 0 fully saturated rings. The van der Waals surface area contributed by atoms with Crippen LogP contribution in [0.4, 0.5) is 5.69 Å². The van der Waals surface area contributed by atoms with Gasteiger partial charge in [0.1, 0.15) is 5.15 Å². The molecule has 1 heterocycles. The van der Waals surface area contributed by atoms with Gasteiger partial charge in [0, 0.05) is 13.2 Å². The van der Waals surface area contributed by atoms with E-state index >= 15 is 0 Å². The predicted molar refractivity (Wildman–Crippen MR) is 57.7 cm³/mol. The van der Waals surface area contributed by atoms with E-state index in [9.17, 15) is 4.79 Å². The van der Waals surface area contributed by atoms with Gasteiger partial charge < -0.3 is 16.2 Å². The lowest BCUT2D eigenvalue weighted by Gasteiger charge is -2.05. The number of anilines is 1. The van der Waals surface area contributed by atoms with Crippen LogP contribution in [0.3, 0.4) is 0 Å². The van der Waals surface area contributed by atoms with Crippen molar-refractivity contribution in [3.8, 4) is 0 Å². The number of aliphatic hydroxyl groups is 1. The Morgan fingerprint density at radius 1 is 1.67 bits per heavy atom. The second-order valence-corrected chi connectivity index (χ2v) is 3.30. The Labute approximate surface area is 92.3 Å². The third-order valence-corrected chi connectivity index (χ3v) is 2.03. The highest BCUT2D eigenvalue weighted by atomic mass is 35.5. The van der Waals surface area contributed by atoms with Crippen molar-refractivity contribution in [1.29, 1.82) is 0 Å². The van der Waals surface area contributed by atoms with Gasteiger partial charge >= 0.3 is 0 Å². The van der Waals surface area contributed by atoms with Crippen LogP contribution >= 0.6 is 11.6 Å². The van der Waals surface area contributed by atoms with E-state index in [2.05, 4.69) is 10.3 Å². The summed E-state index contributed by atoms with van der Waals surface area (Å²) in [6, 6.07) is 1.46. The quantitative estimate of drug-likeness (QED) is 0.516. The third-order valence-electron chi connectivity index (χ3n) is 1.73. The molecule has 1 amide bonds. The first-order chi connectivity index (χ1) is 7.15. The number of pyridine rings is 1. The normalized spacial score (nSPS) is 10.0. The lowest BCUT2D eigenvalue weighted by Crippen LogP contribution is -2.25. The lowest BCUT2D eigenvalue weighted by atomic mass is 10.2. The molecule has 0 radical (unpaired) electrons. The number of carbonyl (C=O) groups is 1. The van der Waals surface area contributed by atoms with Crippen LogP contribution in [-0.4, -0.2) is 29.1 Å². The molecule has 0 spiro atoms. The van der Waals surface area contributed by atoms with Gasteiger partial charge in [-0.15, -0.1) is 0 Å². The molecular formula is C9H12ClN3O2. The number of carbonyl (C=O) groups excluding carboxylic acids is 1. The number of nitrogens with one attached hydrogen (secondary N) is 1. The smallest absolute Gasteiger partial charge is 0.254 e. The number of nitrogens with zero attached hydrogens (tertiary/aromatic N) is 1. The summed E-state index contributed by atoms with van der Waals surface area (Å²) in [6.45, 7) is 0.420. The molecule has 0 aliphatic carbocycles. The van der Waals surface area contributed by atoms with E-state index in [0.717, 1.165) is 0 Å². The van der Waals surface area contributed by atoms with Crippen LogP contribution < -0.4 is 11.1 Å². The largest absolute Gasteiger partial charge is 0.397 e. The molecule has 1 aromatic heterocycles. The van der Waals surface area contributed by atoms with E-state index in [1.807, 2.05) is 0 Å². The van der Waals surface area contributed by atoms with Gasteiger partial charge in [-0.3, -0.25) is 4.79 Å². The number of nitrogen functional groups attached to an aromatic ring is 1. The highest BCUT2D eigenvalue weighted by Crippen LogP contribution is 2.15. The van der Waals surface area contributed by atoms with Crippen LogP contribution in [0.25, 0.3) is 0 Å². The summed E-state index contributed by atoms with van der Waals surface area (Å²) in [5.41, 5.74) is 6.11. The minimum absolute atomic E-state index is 0.0309. The molecule has 0 saturated heterocycles. The fourth-order valence-corrected chi connectivity index (χ4v) is 1.19. The van der Waals surface area contributed by atoms with Crippen molar-refractivity contribution in [2.75, 3.05) is 18.9 Å². The van der Waals surface area contributed by atoms with Crippen LogP contribution in [-0.2, 0) is 0 Å². The zero-order valence-electron chi connectivity index (χ0n) is 8.03. The second kappa shape index (κ2) is 5.53. The highest BCUT2D eigenvalue weighted by molar-refractivity contribution is 6.32. The van der Waals surface area contributed by atoms with E-state index < -0.39 is 0 Å². The fourth-order valence-electron chi connectivity index (χ4n) is 1.000. The van der Waals surface area contributed by atoms with Gasteiger partial charge in [0.2, 0.25) is 0 Å². The van der Waals surface area contributed by atoms with Crippen LogP contribution in [0.2, 0.25) is 5.15 Å². The average molecular weight is 230 g/mol. The zero-order chi connectivity index (χ0) is 11.3. The van der Waals surface area contributed by atoms with Crippen LogP contribution in [0.1, 0.15) is 16.8 Å². The van der Waals surface area contributed by atoms with E-state index in [1.165, 1.54) is 12.3 Å². The van der Waals surface area contributed by atoms with Crippen LogP contribution in [0.5, 0.6) is 0 Å². The molecule has 1 rings (SSSR count). The lowest BCUT2D eigenvalue weighted by molar-refractivity contribution is 0.0951. The topological polar surface area (TPSA) is 88.2 Å². The number of rotatable bonds is 4. The van der Waals surface area contributed by atoms with E-state index in [1.54, 1.807) is 0 Å². The molecular weight excluding hydrogens is 218 g/mol. The molecule has 0 bridgehead atoms. The van der Waals surface area contributed by atoms with Gasteiger partial charge in [0.05, 0.1) is 17.4 Å². The molecule has 5 nitrogen and oxygen atoms in total. The van der Waals surface area contributed by atoms with E-state index in [-0.39, 0.29) is 23.2 Å². The van der Waals surface area contributed by atoms with Crippen molar-refractivity contribution in [2.24, 2.45) is 0 Å². The van der Waals surface area contributed by atoms with Crippen molar-refractivity contribution in [2.45, 2.75) is 6.42 Å². The molecule has 82 valence electrons. The molecule has 0 atom stereocenters. The SMILES string of the molecule is Nc1cnc(Cl)c(C(=O)NCCCO)c1. The Kier molecular flexibility index (Phi) is 4.33. The summed E-state index contributed by atoms with van der Waals surface area (Å²) in [7, 11) is 0. The molecule has 0 aliphatic heterocycles. The van der Waals surface area contributed by atoms with Crippen molar-refractivity contribution >= 4 is 23.2 Å². The number of nitrogens with two attached hydrogens (primary N) is 1. The van der Waals surface area contributed by atoms with Crippen molar-refractivity contribution in [3.63, 3.8) is 0 Å². The van der Waals surface area contributed by atoms with Gasteiger partial charge in [-0.25, -0.2) is 4.98 Å². The minimum atomic E-state index is -0.340. The standard InChI is InChI=1S/C9H12ClN3O2/c10-8-7(4-6(11)5-13-8)9(15)12-2-1-3-14/h4-5,14H,1-3,11H2,(H,12,15). The van der Waals surface area contributed by atoms with Gasteiger partial charge in [-0.2, -0.15) is 0 Å². The molecule has 6 heteroatoms. The maximum Gasteiger partial charge on any atom is 0.254 e. The number of hydrogen-bond acceptors (Lipinski definition) is 4. The number of aliphatic hydroxyl groups excluding tert-OH is 1. The summed E-state index contributed by atoms with van der Waals surface area (Å²) >= 11 is 5.73.